The zero-order chi connectivity index (χ0) is 19.3. The summed E-state index contributed by atoms with van der Waals surface area (Å²) in [6.07, 6.45) is 0. The second-order valence-corrected chi connectivity index (χ2v) is 6.31. The third-order valence-corrected chi connectivity index (χ3v) is 4.39. The number of ether oxygens (including phenoxy) is 1. The van der Waals surface area contributed by atoms with E-state index in [0.29, 0.717) is 24.5 Å². The van der Waals surface area contributed by atoms with Gasteiger partial charge in [0.2, 0.25) is 0 Å². The van der Waals surface area contributed by atoms with Crippen LogP contribution in [0.4, 0.5) is 0 Å². The van der Waals surface area contributed by atoms with E-state index < -0.39 is 0 Å². The van der Waals surface area contributed by atoms with E-state index in [1.807, 2.05) is 66.7 Å². The first-order valence-electron chi connectivity index (χ1n) is 9.05. The molecule has 2 aromatic carbocycles. The van der Waals surface area contributed by atoms with Crippen molar-refractivity contribution in [2.24, 2.45) is 0 Å². The summed E-state index contributed by atoms with van der Waals surface area (Å²) >= 11 is 0. The number of rotatable bonds is 6. The van der Waals surface area contributed by atoms with Crippen LogP contribution in [0, 0.1) is 0 Å². The zero-order valence-corrected chi connectivity index (χ0v) is 15.5. The quantitative estimate of drug-likeness (QED) is 0.527. The molecular formula is C22H20N4O2. The number of carbonyl (C=O) groups is 1. The van der Waals surface area contributed by atoms with Crippen LogP contribution in [0.25, 0.3) is 28.2 Å². The average molecular weight is 372 g/mol. The summed E-state index contributed by atoms with van der Waals surface area (Å²) in [7, 11) is 1.60. The second kappa shape index (κ2) is 8.02. The summed E-state index contributed by atoms with van der Waals surface area (Å²) in [5, 5.41) is 7.30. The van der Waals surface area contributed by atoms with Gasteiger partial charge in [-0.2, -0.15) is 5.10 Å². The highest BCUT2D eigenvalue weighted by molar-refractivity contribution is 5.93. The van der Waals surface area contributed by atoms with E-state index in [9.17, 15) is 4.79 Å². The van der Waals surface area contributed by atoms with E-state index in [1.54, 1.807) is 17.7 Å². The third-order valence-electron chi connectivity index (χ3n) is 4.39. The molecule has 0 saturated heterocycles. The van der Waals surface area contributed by atoms with E-state index in [0.717, 1.165) is 22.5 Å². The van der Waals surface area contributed by atoms with Gasteiger partial charge < -0.3 is 10.1 Å². The topological polar surface area (TPSA) is 68.5 Å². The highest BCUT2D eigenvalue weighted by Gasteiger charge is 2.16. The number of amides is 1. The van der Waals surface area contributed by atoms with E-state index >= 15 is 0 Å². The molecule has 4 rings (SSSR count). The molecule has 0 spiro atoms. The Kier molecular flexibility index (Phi) is 5.12. The number of hydrogen-bond acceptors (Lipinski definition) is 4. The first-order valence-corrected chi connectivity index (χ1v) is 9.05. The SMILES string of the molecule is COCCNC(=O)c1cc2nc(-c3ccccc3)cc(-c3ccccc3)n2n1. The number of fused-ring (bicyclic) bond motifs is 1. The van der Waals surface area contributed by atoms with Gasteiger partial charge in [-0.1, -0.05) is 60.7 Å². The van der Waals surface area contributed by atoms with Crippen molar-refractivity contribution >= 4 is 11.6 Å². The monoisotopic (exact) mass is 372 g/mol. The Morgan fingerprint density at radius 1 is 1.00 bits per heavy atom. The largest absolute Gasteiger partial charge is 0.383 e. The van der Waals surface area contributed by atoms with E-state index in [4.69, 9.17) is 9.72 Å². The second-order valence-electron chi connectivity index (χ2n) is 6.31. The van der Waals surface area contributed by atoms with Crippen LogP contribution < -0.4 is 5.32 Å². The van der Waals surface area contributed by atoms with Crippen molar-refractivity contribution in [3.05, 3.63) is 78.5 Å². The van der Waals surface area contributed by atoms with Gasteiger partial charge in [0.05, 0.1) is 18.0 Å². The molecule has 0 aliphatic heterocycles. The molecule has 0 bridgehead atoms. The molecule has 0 aliphatic carbocycles. The minimum atomic E-state index is -0.247. The number of methoxy groups -OCH3 is 1. The molecule has 2 heterocycles. The van der Waals surface area contributed by atoms with Crippen molar-refractivity contribution in [2.75, 3.05) is 20.3 Å². The molecule has 0 fully saturated rings. The number of benzene rings is 2. The van der Waals surface area contributed by atoms with Crippen LogP contribution in [0.15, 0.2) is 72.8 Å². The fourth-order valence-electron chi connectivity index (χ4n) is 3.01. The van der Waals surface area contributed by atoms with Crippen LogP contribution >= 0.6 is 0 Å². The first-order chi connectivity index (χ1) is 13.8. The highest BCUT2D eigenvalue weighted by atomic mass is 16.5. The van der Waals surface area contributed by atoms with Gasteiger partial charge in [-0.05, 0) is 6.07 Å². The molecule has 0 unspecified atom stereocenters. The van der Waals surface area contributed by atoms with Crippen LogP contribution in [0.5, 0.6) is 0 Å². The molecule has 1 amide bonds. The van der Waals surface area contributed by atoms with Gasteiger partial charge in [0.25, 0.3) is 5.91 Å². The number of carbonyl (C=O) groups excluding carboxylic acids is 1. The zero-order valence-electron chi connectivity index (χ0n) is 15.5. The maximum absolute atomic E-state index is 12.4. The Bertz CT molecular complexity index is 1090. The van der Waals surface area contributed by atoms with Crippen molar-refractivity contribution in [2.45, 2.75) is 0 Å². The maximum atomic E-state index is 12.4. The van der Waals surface area contributed by atoms with E-state index in [2.05, 4.69) is 10.4 Å². The molecule has 6 nitrogen and oxygen atoms in total. The molecule has 4 aromatic rings. The van der Waals surface area contributed by atoms with E-state index in [1.165, 1.54) is 0 Å². The average Bonchev–Trinajstić information content (AvgIpc) is 3.19. The number of hydrogen-bond donors (Lipinski definition) is 1. The Morgan fingerprint density at radius 2 is 1.68 bits per heavy atom. The number of aromatic nitrogens is 3. The molecule has 140 valence electrons. The lowest BCUT2D eigenvalue weighted by molar-refractivity contribution is 0.0932. The Hall–Kier alpha value is -3.51. The van der Waals surface area contributed by atoms with Crippen molar-refractivity contribution in [1.29, 1.82) is 0 Å². The third kappa shape index (κ3) is 3.63. The minimum absolute atomic E-state index is 0.247. The molecule has 0 atom stereocenters. The summed E-state index contributed by atoms with van der Waals surface area (Å²) in [5.41, 5.74) is 4.66. The molecule has 2 aromatic heterocycles. The smallest absolute Gasteiger partial charge is 0.271 e. The lowest BCUT2D eigenvalue weighted by atomic mass is 10.1. The summed E-state index contributed by atoms with van der Waals surface area (Å²) in [6, 6.07) is 23.6. The van der Waals surface area contributed by atoms with Crippen molar-refractivity contribution in [3.63, 3.8) is 0 Å². The number of nitrogens with zero attached hydrogens (tertiary/aromatic N) is 3. The molecule has 0 aliphatic rings. The Morgan fingerprint density at radius 3 is 2.36 bits per heavy atom. The van der Waals surface area contributed by atoms with Crippen LogP contribution in [-0.2, 0) is 4.74 Å². The molecule has 0 radical (unpaired) electrons. The first kappa shape index (κ1) is 17.9. The number of nitrogens with one attached hydrogen (secondary N) is 1. The normalized spacial score (nSPS) is 10.9. The molecule has 0 saturated carbocycles. The summed E-state index contributed by atoms with van der Waals surface area (Å²) in [4.78, 5) is 17.1. The van der Waals surface area contributed by atoms with Crippen molar-refractivity contribution in [1.82, 2.24) is 19.9 Å². The predicted octanol–water partition coefficient (Wildman–Crippen LogP) is 3.44. The molecule has 6 heteroatoms. The van der Waals surface area contributed by atoms with Gasteiger partial charge in [0.15, 0.2) is 11.3 Å². The Balaban J connectivity index is 1.83. The fourth-order valence-corrected chi connectivity index (χ4v) is 3.01. The van der Waals surface area contributed by atoms with Crippen LogP contribution in [0.1, 0.15) is 10.5 Å². The van der Waals surface area contributed by atoms with Gasteiger partial charge in [0.1, 0.15) is 0 Å². The van der Waals surface area contributed by atoms with Gasteiger partial charge in [-0.3, -0.25) is 4.79 Å². The lowest BCUT2D eigenvalue weighted by Gasteiger charge is -2.08. The van der Waals surface area contributed by atoms with Gasteiger partial charge in [0, 0.05) is 30.8 Å². The minimum Gasteiger partial charge on any atom is -0.383 e. The van der Waals surface area contributed by atoms with Crippen molar-refractivity contribution in [3.8, 4) is 22.5 Å². The molecule has 1 N–H and O–H groups in total. The van der Waals surface area contributed by atoms with Crippen LogP contribution in [0.3, 0.4) is 0 Å². The summed E-state index contributed by atoms with van der Waals surface area (Å²) in [6.45, 7) is 0.877. The van der Waals surface area contributed by atoms with Gasteiger partial charge in [-0.15, -0.1) is 0 Å². The fraction of sp³-hybridized carbons (Fsp3) is 0.136. The summed E-state index contributed by atoms with van der Waals surface area (Å²) < 4.78 is 6.69. The standard InChI is InChI=1S/C22H20N4O2/c1-28-13-12-23-22(27)19-15-21-24-18(16-8-4-2-5-9-16)14-20(26(21)25-19)17-10-6-3-7-11-17/h2-11,14-15H,12-13H2,1H3,(H,23,27). The lowest BCUT2D eigenvalue weighted by Crippen LogP contribution is -2.27. The predicted molar refractivity (Wildman–Crippen MR) is 108 cm³/mol. The molecule has 28 heavy (non-hydrogen) atoms. The Labute approximate surface area is 162 Å². The van der Waals surface area contributed by atoms with Crippen LogP contribution in [0.2, 0.25) is 0 Å². The van der Waals surface area contributed by atoms with Gasteiger partial charge in [-0.25, -0.2) is 9.50 Å². The van der Waals surface area contributed by atoms with Crippen LogP contribution in [-0.4, -0.2) is 40.8 Å². The van der Waals surface area contributed by atoms with Gasteiger partial charge >= 0.3 is 0 Å². The summed E-state index contributed by atoms with van der Waals surface area (Å²) in [5.74, 6) is -0.247. The maximum Gasteiger partial charge on any atom is 0.271 e. The van der Waals surface area contributed by atoms with E-state index in [-0.39, 0.29) is 5.91 Å². The molecular weight excluding hydrogens is 352 g/mol. The van der Waals surface area contributed by atoms with Crippen molar-refractivity contribution < 1.29 is 9.53 Å². The highest BCUT2D eigenvalue weighted by Crippen LogP contribution is 2.26.